The van der Waals surface area contributed by atoms with Crippen molar-refractivity contribution >= 4 is 11.9 Å². The van der Waals surface area contributed by atoms with Gasteiger partial charge in [-0.1, -0.05) is 24.3 Å². The molecule has 0 aliphatic rings. The average molecular weight is 410 g/mol. The predicted molar refractivity (Wildman–Crippen MR) is 108 cm³/mol. The Balaban J connectivity index is 1.75. The predicted octanol–water partition coefficient (Wildman–Crippen LogP) is 4.28. The fourth-order valence-corrected chi connectivity index (χ4v) is 2.73. The van der Waals surface area contributed by atoms with Gasteiger partial charge in [-0.25, -0.2) is 9.18 Å². The summed E-state index contributed by atoms with van der Waals surface area (Å²) in [7, 11) is 1.48. The van der Waals surface area contributed by atoms with Crippen molar-refractivity contribution in [3.05, 3.63) is 93.3 Å². The number of carbonyl (C=O) groups is 1. The molecule has 0 bridgehead atoms. The average Bonchev–Trinajstić information content (AvgIpc) is 2.71. The molecule has 0 aliphatic heterocycles. The zero-order valence-electron chi connectivity index (χ0n) is 16.3. The second-order valence-electron chi connectivity index (χ2n) is 6.43. The van der Waals surface area contributed by atoms with E-state index in [-0.39, 0.29) is 18.2 Å². The summed E-state index contributed by atoms with van der Waals surface area (Å²) < 4.78 is 28.9. The van der Waals surface area contributed by atoms with E-state index in [1.54, 1.807) is 30.3 Å². The molecule has 0 radical (unpaired) electrons. The smallest absolute Gasteiger partial charge is 0.351 e. The fraction of sp³-hybridized carbons (Fsp3) is 0.130. The lowest BCUT2D eigenvalue weighted by molar-refractivity contribution is 0.104. The molecule has 1 aromatic heterocycles. The van der Waals surface area contributed by atoms with Gasteiger partial charge in [0.25, 0.3) is 0 Å². The molecule has 0 atom stereocenters. The maximum absolute atomic E-state index is 13.0. The number of methoxy groups -OCH3 is 1. The van der Waals surface area contributed by atoms with Crippen LogP contribution in [0.3, 0.4) is 0 Å². The van der Waals surface area contributed by atoms with Crippen LogP contribution in [0.5, 0.6) is 17.2 Å². The Hall–Kier alpha value is -3.87. The molecule has 0 spiro atoms. The van der Waals surface area contributed by atoms with Gasteiger partial charge in [0.1, 0.15) is 29.5 Å². The minimum absolute atomic E-state index is 0.207. The summed E-state index contributed by atoms with van der Waals surface area (Å²) in [6.45, 7) is 1.73. The quantitative estimate of drug-likeness (QED) is 0.462. The van der Waals surface area contributed by atoms with E-state index in [0.717, 1.165) is 11.6 Å². The Kier molecular flexibility index (Phi) is 6.32. The van der Waals surface area contributed by atoms with Crippen molar-refractivity contribution in [3.8, 4) is 17.2 Å². The molecule has 0 fully saturated rings. The Labute approximate surface area is 171 Å². The second-order valence-corrected chi connectivity index (χ2v) is 6.43. The molecule has 3 aromatic rings. The number of rotatable bonds is 7. The van der Waals surface area contributed by atoms with E-state index in [4.69, 9.17) is 13.9 Å². The third-order valence-electron chi connectivity index (χ3n) is 4.22. The molecule has 1 N–H and O–H groups in total. The first-order valence-electron chi connectivity index (χ1n) is 8.99. The van der Waals surface area contributed by atoms with Crippen molar-refractivity contribution < 1.29 is 28.2 Å². The molecule has 0 saturated heterocycles. The SMILES string of the molecule is COc1cc(/C=C/C(=O)c2c(O)cc(C)oc2=O)ccc1OCc1ccc(F)cc1. The van der Waals surface area contributed by atoms with Crippen molar-refractivity contribution in [2.75, 3.05) is 7.11 Å². The van der Waals surface area contributed by atoms with Crippen LogP contribution in [0.2, 0.25) is 0 Å². The highest BCUT2D eigenvalue weighted by Gasteiger charge is 2.16. The van der Waals surface area contributed by atoms with Gasteiger partial charge >= 0.3 is 5.63 Å². The van der Waals surface area contributed by atoms with E-state index < -0.39 is 22.7 Å². The molecule has 0 unspecified atom stereocenters. The number of allylic oxidation sites excluding steroid dienone is 1. The van der Waals surface area contributed by atoms with Crippen LogP contribution in [0.15, 0.2) is 63.8 Å². The molecule has 30 heavy (non-hydrogen) atoms. The van der Waals surface area contributed by atoms with Crippen molar-refractivity contribution in [1.29, 1.82) is 0 Å². The van der Waals surface area contributed by atoms with Crippen molar-refractivity contribution in [3.63, 3.8) is 0 Å². The molecular formula is C23H19FO6. The minimum Gasteiger partial charge on any atom is -0.507 e. The summed E-state index contributed by atoms with van der Waals surface area (Å²) in [5.41, 5.74) is 0.0856. The van der Waals surface area contributed by atoms with Crippen LogP contribution >= 0.6 is 0 Å². The fourth-order valence-electron chi connectivity index (χ4n) is 2.73. The number of ketones is 1. The van der Waals surface area contributed by atoms with Gasteiger partial charge in [0, 0.05) is 6.07 Å². The third-order valence-corrected chi connectivity index (χ3v) is 4.22. The van der Waals surface area contributed by atoms with Crippen LogP contribution in [0.25, 0.3) is 6.08 Å². The number of ether oxygens (including phenoxy) is 2. The van der Waals surface area contributed by atoms with Crippen molar-refractivity contribution in [2.45, 2.75) is 13.5 Å². The highest BCUT2D eigenvalue weighted by molar-refractivity contribution is 6.08. The number of hydrogen-bond donors (Lipinski definition) is 1. The standard InChI is InChI=1S/C23H19FO6/c1-14-11-19(26)22(23(27)30-14)18(25)9-5-15-6-10-20(21(12-15)28-2)29-13-16-3-7-17(24)8-4-16/h3-12,26H,13H2,1-2H3/b9-5+. The maximum atomic E-state index is 13.0. The van der Waals surface area contributed by atoms with Crippen LogP contribution < -0.4 is 15.1 Å². The summed E-state index contributed by atoms with van der Waals surface area (Å²) in [6, 6.07) is 12.2. The number of hydrogen-bond acceptors (Lipinski definition) is 6. The van der Waals surface area contributed by atoms with Gasteiger partial charge < -0.3 is 19.0 Å². The number of benzene rings is 2. The summed E-state index contributed by atoms with van der Waals surface area (Å²) in [6.07, 6.45) is 2.64. The Morgan fingerprint density at radius 3 is 2.53 bits per heavy atom. The monoisotopic (exact) mass is 410 g/mol. The van der Waals surface area contributed by atoms with Crippen LogP contribution in [-0.4, -0.2) is 18.0 Å². The van der Waals surface area contributed by atoms with Crippen molar-refractivity contribution in [1.82, 2.24) is 0 Å². The van der Waals surface area contributed by atoms with E-state index in [1.165, 1.54) is 38.3 Å². The molecule has 154 valence electrons. The first-order valence-corrected chi connectivity index (χ1v) is 8.99. The van der Waals surface area contributed by atoms with E-state index >= 15 is 0 Å². The minimum atomic E-state index is -0.899. The number of aromatic hydroxyl groups is 1. The lowest BCUT2D eigenvalue weighted by Gasteiger charge is -2.11. The Bertz CT molecular complexity index is 1150. The second kappa shape index (κ2) is 9.09. The first kappa shape index (κ1) is 20.9. The Morgan fingerprint density at radius 2 is 1.87 bits per heavy atom. The van der Waals surface area contributed by atoms with Crippen molar-refractivity contribution in [2.24, 2.45) is 0 Å². The largest absolute Gasteiger partial charge is 0.507 e. The van der Waals surface area contributed by atoms with E-state index in [0.29, 0.717) is 17.1 Å². The molecule has 0 aliphatic carbocycles. The van der Waals surface area contributed by atoms with Gasteiger partial charge in [-0.2, -0.15) is 0 Å². The zero-order valence-corrected chi connectivity index (χ0v) is 16.3. The summed E-state index contributed by atoms with van der Waals surface area (Å²) in [4.78, 5) is 24.1. The van der Waals surface area contributed by atoms with Gasteiger partial charge in [-0.05, 0) is 48.4 Å². The summed E-state index contributed by atoms with van der Waals surface area (Å²) in [5.74, 6) is -0.318. The summed E-state index contributed by atoms with van der Waals surface area (Å²) >= 11 is 0. The molecule has 1 heterocycles. The maximum Gasteiger partial charge on any atom is 0.351 e. The number of aryl methyl sites for hydroxylation is 1. The third kappa shape index (κ3) is 4.94. The van der Waals surface area contributed by atoms with Crippen LogP contribution in [0.4, 0.5) is 4.39 Å². The van der Waals surface area contributed by atoms with E-state index in [1.807, 2.05) is 0 Å². The molecule has 0 amide bonds. The molecule has 0 saturated carbocycles. The zero-order chi connectivity index (χ0) is 21.7. The molecule has 6 nitrogen and oxygen atoms in total. The lowest BCUT2D eigenvalue weighted by atomic mass is 10.1. The Morgan fingerprint density at radius 1 is 1.13 bits per heavy atom. The number of halogens is 1. The van der Waals surface area contributed by atoms with Gasteiger partial charge in [0.05, 0.1) is 7.11 Å². The van der Waals surface area contributed by atoms with Crippen LogP contribution in [-0.2, 0) is 6.61 Å². The van der Waals surface area contributed by atoms with Gasteiger partial charge in [0.2, 0.25) is 0 Å². The molecular weight excluding hydrogens is 391 g/mol. The molecule has 3 rings (SSSR count). The number of carbonyl (C=O) groups excluding carboxylic acids is 1. The normalized spacial score (nSPS) is 10.9. The topological polar surface area (TPSA) is 86.0 Å². The van der Waals surface area contributed by atoms with Crippen LogP contribution in [0, 0.1) is 12.7 Å². The van der Waals surface area contributed by atoms with E-state index in [2.05, 4.69) is 0 Å². The van der Waals surface area contributed by atoms with Gasteiger partial charge in [-0.15, -0.1) is 0 Å². The van der Waals surface area contributed by atoms with Gasteiger partial charge in [-0.3, -0.25) is 4.79 Å². The molecule has 2 aromatic carbocycles. The first-order chi connectivity index (χ1) is 14.4. The van der Waals surface area contributed by atoms with Gasteiger partial charge in [0.15, 0.2) is 17.3 Å². The lowest BCUT2D eigenvalue weighted by Crippen LogP contribution is -2.12. The summed E-state index contributed by atoms with van der Waals surface area (Å²) in [5, 5.41) is 9.85. The highest BCUT2D eigenvalue weighted by Crippen LogP contribution is 2.29. The highest BCUT2D eigenvalue weighted by atomic mass is 19.1. The molecule has 7 heteroatoms. The van der Waals surface area contributed by atoms with Crippen LogP contribution in [0.1, 0.15) is 27.2 Å². The van der Waals surface area contributed by atoms with E-state index in [9.17, 15) is 19.1 Å².